The van der Waals surface area contributed by atoms with Crippen LogP contribution in [0.5, 0.6) is 0 Å². The molecule has 4 rings (SSSR count). The molecule has 0 aliphatic rings. The minimum atomic E-state index is -1.10. The summed E-state index contributed by atoms with van der Waals surface area (Å²) in [6.07, 6.45) is -0.712. The third-order valence-corrected chi connectivity index (χ3v) is 8.49. The van der Waals surface area contributed by atoms with E-state index in [2.05, 4.69) is 5.32 Å². The molecule has 3 atom stereocenters. The number of carbonyl (C=O) groups is 3. The molecule has 44 heavy (non-hydrogen) atoms. The molecule has 0 radical (unpaired) electrons. The molecule has 0 saturated heterocycles. The van der Waals surface area contributed by atoms with Crippen LogP contribution < -0.4 is 11.1 Å². The predicted molar refractivity (Wildman–Crippen MR) is 177 cm³/mol. The molecule has 0 heterocycles. The van der Waals surface area contributed by atoms with Gasteiger partial charge in [-0.3, -0.25) is 14.4 Å². The second kappa shape index (κ2) is 14.6. The van der Waals surface area contributed by atoms with Crippen molar-refractivity contribution in [2.45, 2.75) is 69.2 Å². The van der Waals surface area contributed by atoms with E-state index in [1.165, 1.54) is 23.6 Å². The highest BCUT2D eigenvalue weighted by Crippen LogP contribution is 2.28. The fraction of sp³-hybridized carbons (Fsp3) is 0.306. The average Bonchev–Trinajstić information content (AvgIpc) is 2.97. The van der Waals surface area contributed by atoms with Crippen molar-refractivity contribution in [3.8, 4) is 0 Å². The molecule has 0 fully saturated rings. The van der Waals surface area contributed by atoms with Crippen LogP contribution in [-0.2, 0) is 22.4 Å². The molecule has 4 aromatic rings. The van der Waals surface area contributed by atoms with Gasteiger partial charge in [0.05, 0.1) is 12.1 Å². The molecule has 0 aliphatic carbocycles. The lowest BCUT2D eigenvalue weighted by atomic mass is 9.91. The van der Waals surface area contributed by atoms with Crippen LogP contribution in [0.15, 0.2) is 102 Å². The Balaban J connectivity index is 1.66. The molecule has 7 nitrogen and oxygen atoms in total. The summed E-state index contributed by atoms with van der Waals surface area (Å²) >= 11 is 1.44. The van der Waals surface area contributed by atoms with Crippen LogP contribution in [0.1, 0.15) is 49.2 Å². The highest BCUT2D eigenvalue weighted by atomic mass is 32.2. The number of rotatable bonds is 12. The van der Waals surface area contributed by atoms with Gasteiger partial charge in [-0.25, -0.2) is 0 Å². The van der Waals surface area contributed by atoms with Crippen LogP contribution in [0.4, 0.5) is 0 Å². The van der Waals surface area contributed by atoms with Gasteiger partial charge in [-0.1, -0.05) is 78.9 Å². The number of benzene rings is 4. The first-order chi connectivity index (χ1) is 20.9. The Bertz CT molecular complexity index is 1600. The van der Waals surface area contributed by atoms with E-state index in [4.69, 9.17) is 5.73 Å². The molecule has 4 aromatic carbocycles. The zero-order valence-electron chi connectivity index (χ0n) is 25.7. The fourth-order valence-electron chi connectivity index (χ4n) is 5.38. The first-order valence-electron chi connectivity index (χ1n) is 14.7. The molecule has 0 spiro atoms. The summed E-state index contributed by atoms with van der Waals surface area (Å²) in [6.45, 7) is 7.11. The molecule has 0 bridgehead atoms. The van der Waals surface area contributed by atoms with Crippen LogP contribution in [0.25, 0.3) is 10.8 Å². The number of carbonyl (C=O) groups excluding carboxylic acids is 3. The number of fused-ring (bicyclic) bond motifs is 1. The van der Waals surface area contributed by atoms with E-state index in [1.54, 1.807) is 18.2 Å². The molecule has 3 amide bonds. The van der Waals surface area contributed by atoms with Gasteiger partial charge in [0.2, 0.25) is 11.8 Å². The van der Waals surface area contributed by atoms with Crippen molar-refractivity contribution in [3.63, 3.8) is 0 Å². The number of hydrogen-bond donors (Lipinski definition) is 3. The van der Waals surface area contributed by atoms with Gasteiger partial charge in [0.25, 0.3) is 5.91 Å². The fourth-order valence-corrected chi connectivity index (χ4v) is 6.43. The van der Waals surface area contributed by atoms with E-state index < -0.39 is 29.6 Å². The number of nitrogens with zero attached hydrogens (tertiary/aromatic N) is 1. The lowest BCUT2D eigenvalue weighted by Crippen LogP contribution is -2.58. The van der Waals surface area contributed by atoms with Crippen molar-refractivity contribution < 1.29 is 19.5 Å². The highest BCUT2D eigenvalue weighted by molar-refractivity contribution is 7.99. The maximum Gasteiger partial charge on any atom is 0.251 e. The smallest absolute Gasteiger partial charge is 0.251 e. The van der Waals surface area contributed by atoms with Crippen molar-refractivity contribution in [2.75, 3.05) is 5.75 Å². The lowest BCUT2D eigenvalue weighted by molar-refractivity contribution is -0.142. The van der Waals surface area contributed by atoms with Gasteiger partial charge < -0.3 is 21.1 Å². The summed E-state index contributed by atoms with van der Waals surface area (Å²) in [5.74, 6) is -1.05. The maximum atomic E-state index is 13.3. The van der Waals surface area contributed by atoms with Crippen molar-refractivity contribution in [1.29, 1.82) is 0 Å². The minimum absolute atomic E-state index is 0.0956. The molecule has 230 valence electrons. The third-order valence-electron chi connectivity index (χ3n) is 7.43. The molecule has 8 heteroatoms. The molecular weight excluding hydrogens is 570 g/mol. The number of nitrogens with two attached hydrogens (primary N) is 1. The summed E-state index contributed by atoms with van der Waals surface area (Å²) in [6, 6.07) is 29.0. The van der Waals surface area contributed by atoms with Gasteiger partial charge in [-0.15, -0.1) is 11.8 Å². The van der Waals surface area contributed by atoms with Crippen LogP contribution in [0.2, 0.25) is 0 Å². The number of amides is 3. The van der Waals surface area contributed by atoms with Gasteiger partial charge in [-0.05, 0) is 67.3 Å². The Labute approximate surface area is 263 Å². The number of primary amides is 1. The average molecular weight is 612 g/mol. The number of nitrogens with one attached hydrogen (secondary N) is 1. The molecule has 4 N–H and O–H groups in total. The number of aliphatic hydroxyl groups excluding tert-OH is 1. The van der Waals surface area contributed by atoms with Crippen molar-refractivity contribution in [1.82, 2.24) is 10.2 Å². The summed E-state index contributed by atoms with van der Waals surface area (Å²) in [4.78, 5) is 41.8. The summed E-state index contributed by atoms with van der Waals surface area (Å²) in [7, 11) is 0. The van der Waals surface area contributed by atoms with Crippen LogP contribution in [0, 0.1) is 0 Å². The summed E-state index contributed by atoms with van der Waals surface area (Å²) in [5.41, 5.74) is 7.50. The van der Waals surface area contributed by atoms with Crippen LogP contribution in [-0.4, -0.2) is 57.2 Å². The van der Waals surface area contributed by atoms with Gasteiger partial charge in [0.15, 0.2) is 0 Å². The highest BCUT2D eigenvalue weighted by Gasteiger charge is 2.37. The van der Waals surface area contributed by atoms with Crippen molar-refractivity contribution in [3.05, 3.63) is 114 Å². The normalized spacial score (nSPS) is 13.6. The van der Waals surface area contributed by atoms with E-state index in [0.29, 0.717) is 17.5 Å². The van der Waals surface area contributed by atoms with E-state index in [9.17, 15) is 19.5 Å². The zero-order chi connectivity index (χ0) is 31.9. The lowest BCUT2D eigenvalue weighted by Gasteiger charge is -2.39. The van der Waals surface area contributed by atoms with Crippen molar-refractivity contribution in [2.24, 2.45) is 5.73 Å². The van der Waals surface area contributed by atoms with E-state index >= 15 is 0 Å². The zero-order valence-corrected chi connectivity index (χ0v) is 26.5. The van der Waals surface area contributed by atoms with Gasteiger partial charge >= 0.3 is 0 Å². The minimum Gasteiger partial charge on any atom is -0.391 e. The predicted octanol–water partition coefficient (Wildman–Crippen LogP) is 5.38. The quantitative estimate of drug-likeness (QED) is 0.186. The van der Waals surface area contributed by atoms with Gasteiger partial charge in [-0.2, -0.15) is 0 Å². The Morgan fingerprint density at radius 2 is 1.50 bits per heavy atom. The Morgan fingerprint density at radius 1 is 0.864 bits per heavy atom. The van der Waals surface area contributed by atoms with Crippen LogP contribution >= 0.6 is 11.8 Å². The molecule has 0 saturated carbocycles. The van der Waals surface area contributed by atoms with Gasteiger partial charge in [0, 0.05) is 35.1 Å². The van der Waals surface area contributed by atoms with E-state index in [1.807, 2.05) is 99.6 Å². The Hall–Kier alpha value is -4.14. The first-order valence-corrected chi connectivity index (χ1v) is 15.7. The topological polar surface area (TPSA) is 113 Å². The second-order valence-corrected chi connectivity index (χ2v) is 13.1. The standard InChI is InChI=1S/C36H41N3O4S/c1-24(40)39(32(34(37)42)23-44-29-19-18-26-14-8-9-15-27(26)21-29)31(20-25-12-6-5-7-13-25)33(41)22-28-16-10-11-17-30(28)35(43)38-36(2,3)4/h5-19,21,31-33,41H,20,22-23H2,1-4H3,(H2,37,42)(H,38,43)/t31-,32+,33+/m0/s1. The molecule has 0 aromatic heterocycles. The first kappa shape index (κ1) is 32.8. The largest absolute Gasteiger partial charge is 0.391 e. The maximum absolute atomic E-state index is 13.3. The van der Waals surface area contributed by atoms with E-state index in [-0.39, 0.29) is 24.0 Å². The Morgan fingerprint density at radius 3 is 2.16 bits per heavy atom. The molecular formula is C36H41N3O4S. The Kier molecular flexibility index (Phi) is 10.8. The number of thioether (sulfide) groups is 1. The SMILES string of the molecule is CC(=O)N([C@H](CSc1ccc2ccccc2c1)C(N)=O)[C@@H](Cc1ccccc1)[C@H](O)Cc1ccccc1C(=O)NC(C)(C)C. The number of hydrogen-bond acceptors (Lipinski definition) is 5. The summed E-state index contributed by atoms with van der Waals surface area (Å²) in [5, 5.41) is 17.0. The third kappa shape index (κ3) is 8.71. The van der Waals surface area contributed by atoms with Crippen molar-refractivity contribution >= 4 is 40.3 Å². The molecule has 0 aliphatic heterocycles. The second-order valence-electron chi connectivity index (χ2n) is 12.1. The van der Waals surface area contributed by atoms with Gasteiger partial charge in [0.1, 0.15) is 6.04 Å². The van der Waals surface area contributed by atoms with Crippen LogP contribution in [0.3, 0.4) is 0 Å². The summed E-state index contributed by atoms with van der Waals surface area (Å²) < 4.78 is 0. The monoisotopic (exact) mass is 611 g/mol. The van der Waals surface area contributed by atoms with E-state index in [0.717, 1.165) is 21.2 Å². The number of aliphatic hydroxyl groups is 1. The molecule has 0 unspecified atom stereocenters.